The number of piperidine rings is 1. The van der Waals surface area contributed by atoms with Gasteiger partial charge in [0.2, 0.25) is 0 Å². The van der Waals surface area contributed by atoms with Crippen LogP contribution in [-0.4, -0.2) is 51.5 Å². The van der Waals surface area contributed by atoms with Crippen LogP contribution in [0.1, 0.15) is 19.8 Å². The first-order valence-electron chi connectivity index (χ1n) is 6.37. The molecule has 1 unspecified atom stereocenters. The van der Waals surface area contributed by atoms with E-state index >= 15 is 0 Å². The fraction of sp³-hybridized carbons (Fsp3) is 0.917. The average Bonchev–Trinajstić information content (AvgIpc) is 2.38. The molecule has 0 aromatic rings. The third-order valence-electron chi connectivity index (χ3n) is 3.61. The Kier molecular flexibility index (Phi) is 6.35. The number of halogens is 1. The van der Waals surface area contributed by atoms with Crippen molar-refractivity contribution in [1.29, 1.82) is 0 Å². The molecule has 0 aromatic heterocycles. The summed E-state index contributed by atoms with van der Waals surface area (Å²) in [5.41, 5.74) is 0.219. The first-order valence-corrected chi connectivity index (χ1v) is 6.37. The van der Waals surface area contributed by atoms with Gasteiger partial charge >= 0.3 is 0 Å². The summed E-state index contributed by atoms with van der Waals surface area (Å²) in [7, 11) is 0. The molecule has 0 saturated carbocycles. The molecule has 2 fully saturated rings. The number of amides is 1. The Bertz CT molecular complexity index is 264. The van der Waals surface area contributed by atoms with Crippen molar-refractivity contribution < 1.29 is 14.3 Å². The van der Waals surface area contributed by atoms with Crippen LogP contribution >= 0.6 is 12.4 Å². The summed E-state index contributed by atoms with van der Waals surface area (Å²) in [6.45, 7) is 6.51. The summed E-state index contributed by atoms with van der Waals surface area (Å²) in [6, 6.07) is 0. The minimum Gasteiger partial charge on any atom is -0.376 e. The van der Waals surface area contributed by atoms with Gasteiger partial charge < -0.3 is 20.1 Å². The lowest BCUT2D eigenvalue weighted by Crippen LogP contribution is -2.48. The van der Waals surface area contributed by atoms with Crippen LogP contribution in [0.2, 0.25) is 0 Å². The van der Waals surface area contributed by atoms with Crippen LogP contribution in [0.5, 0.6) is 0 Å². The van der Waals surface area contributed by atoms with Gasteiger partial charge in [-0.1, -0.05) is 6.92 Å². The van der Waals surface area contributed by atoms with Gasteiger partial charge in [0.25, 0.3) is 5.91 Å². The largest absolute Gasteiger partial charge is 0.376 e. The molecular formula is C12H23ClN2O3. The summed E-state index contributed by atoms with van der Waals surface area (Å²) in [5, 5.41) is 6.32. The Morgan fingerprint density at radius 1 is 1.39 bits per heavy atom. The average molecular weight is 279 g/mol. The Labute approximate surface area is 114 Å². The van der Waals surface area contributed by atoms with E-state index in [0.29, 0.717) is 19.8 Å². The van der Waals surface area contributed by atoms with Crippen molar-refractivity contribution in [2.45, 2.75) is 25.9 Å². The van der Waals surface area contributed by atoms with Gasteiger partial charge in [-0.2, -0.15) is 0 Å². The lowest BCUT2D eigenvalue weighted by atomic mass is 9.81. The van der Waals surface area contributed by atoms with Crippen molar-refractivity contribution in [3.63, 3.8) is 0 Å². The second-order valence-corrected chi connectivity index (χ2v) is 5.21. The molecule has 0 bridgehead atoms. The smallest absolute Gasteiger partial charge is 0.251 e. The molecule has 2 aliphatic rings. The van der Waals surface area contributed by atoms with E-state index in [0.717, 1.165) is 32.5 Å². The summed E-state index contributed by atoms with van der Waals surface area (Å²) >= 11 is 0. The summed E-state index contributed by atoms with van der Waals surface area (Å²) in [5.74, 6) is -0.0375. The summed E-state index contributed by atoms with van der Waals surface area (Å²) in [6.07, 6.45) is 1.79. The molecular weight excluding hydrogens is 256 g/mol. The number of carbonyl (C=O) groups is 1. The van der Waals surface area contributed by atoms with Gasteiger partial charge in [0.05, 0.1) is 19.8 Å². The number of hydrogen-bond acceptors (Lipinski definition) is 4. The number of ether oxygens (including phenoxy) is 2. The predicted molar refractivity (Wildman–Crippen MR) is 71.0 cm³/mol. The minimum absolute atomic E-state index is 0. The highest BCUT2D eigenvalue weighted by Gasteiger charge is 2.29. The maximum absolute atomic E-state index is 11.9. The molecule has 2 heterocycles. The number of carbonyl (C=O) groups excluding carboxylic acids is 1. The van der Waals surface area contributed by atoms with Gasteiger partial charge in [0.15, 0.2) is 6.10 Å². The molecule has 2 rings (SSSR count). The minimum atomic E-state index is -0.422. The SMILES string of the molecule is CC1(CNC(=O)C2COCCO2)CCNCC1.Cl. The highest BCUT2D eigenvalue weighted by Crippen LogP contribution is 2.26. The first kappa shape index (κ1) is 15.7. The Morgan fingerprint density at radius 2 is 2.11 bits per heavy atom. The maximum atomic E-state index is 11.9. The first-order chi connectivity index (χ1) is 8.20. The van der Waals surface area contributed by atoms with Crippen LogP contribution < -0.4 is 10.6 Å². The lowest BCUT2D eigenvalue weighted by Gasteiger charge is -2.34. The van der Waals surface area contributed by atoms with E-state index < -0.39 is 6.10 Å². The van der Waals surface area contributed by atoms with Crippen molar-refractivity contribution in [3.8, 4) is 0 Å². The number of hydrogen-bond donors (Lipinski definition) is 2. The third-order valence-corrected chi connectivity index (χ3v) is 3.61. The zero-order valence-electron chi connectivity index (χ0n) is 10.9. The van der Waals surface area contributed by atoms with E-state index in [9.17, 15) is 4.79 Å². The summed E-state index contributed by atoms with van der Waals surface area (Å²) < 4.78 is 10.6. The van der Waals surface area contributed by atoms with E-state index in [1.165, 1.54) is 0 Å². The number of nitrogens with one attached hydrogen (secondary N) is 2. The maximum Gasteiger partial charge on any atom is 0.251 e. The molecule has 2 saturated heterocycles. The van der Waals surface area contributed by atoms with Gasteiger partial charge in [-0.25, -0.2) is 0 Å². The molecule has 1 amide bonds. The second-order valence-electron chi connectivity index (χ2n) is 5.21. The quantitative estimate of drug-likeness (QED) is 0.781. The van der Waals surface area contributed by atoms with Crippen molar-refractivity contribution in [2.75, 3.05) is 39.5 Å². The fourth-order valence-corrected chi connectivity index (χ4v) is 2.26. The zero-order chi connectivity index (χ0) is 12.1. The molecule has 18 heavy (non-hydrogen) atoms. The second kappa shape index (κ2) is 7.28. The topological polar surface area (TPSA) is 59.6 Å². The van der Waals surface area contributed by atoms with E-state index in [1.54, 1.807) is 0 Å². The Balaban J connectivity index is 0.00000162. The van der Waals surface area contributed by atoms with Crippen molar-refractivity contribution in [1.82, 2.24) is 10.6 Å². The van der Waals surface area contributed by atoms with E-state index in [-0.39, 0.29) is 23.7 Å². The highest BCUT2D eigenvalue weighted by atomic mass is 35.5. The van der Waals surface area contributed by atoms with Gasteiger partial charge in [-0.15, -0.1) is 12.4 Å². The Morgan fingerprint density at radius 3 is 2.72 bits per heavy atom. The molecule has 1 atom stereocenters. The zero-order valence-corrected chi connectivity index (χ0v) is 11.7. The normalized spacial score (nSPS) is 27.1. The van der Waals surface area contributed by atoms with E-state index in [4.69, 9.17) is 9.47 Å². The molecule has 0 radical (unpaired) electrons. The molecule has 0 aliphatic carbocycles. The molecule has 5 nitrogen and oxygen atoms in total. The predicted octanol–water partition coefficient (Wildman–Crippen LogP) is 0.330. The van der Waals surface area contributed by atoms with Crippen molar-refractivity contribution in [2.24, 2.45) is 5.41 Å². The van der Waals surface area contributed by atoms with Crippen LogP contribution in [0.15, 0.2) is 0 Å². The van der Waals surface area contributed by atoms with Crippen molar-refractivity contribution >= 4 is 18.3 Å². The van der Waals surface area contributed by atoms with Crippen LogP contribution in [0.4, 0.5) is 0 Å². The molecule has 0 spiro atoms. The molecule has 0 aromatic carbocycles. The van der Waals surface area contributed by atoms with Gasteiger partial charge in [0, 0.05) is 6.54 Å². The van der Waals surface area contributed by atoms with E-state index in [2.05, 4.69) is 17.6 Å². The molecule has 2 aliphatic heterocycles. The standard InChI is InChI=1S/C12H22N2O3.ClH/c1-12(2-4-13-5-3-12)9-14-11(15)10-8-16-6-7-17-10;/h10,13H,2-9H2,1H3,(H,14,15);1H. The van der Waals surface area contributed by atoms with Gasteiger partial charge in [-0.3, -0.25) is 4.79 Å². The van der Waals surface area contributed by atoms with Crippen LogP contribution in [0, 0.1) is 5.41 Å². The number of rotatable bonds is 3. The lowest BCUT2D eigenvalue weighted by molar-refractivity contribution is -0.148. The Hall–Kier alpha value is -0.360. The van der Waals surface area contributed by atoms with Crippen molar-refractivity contribution in [3.05, 3.63) is 0 Å². The fourth-order valence-electron chi connectivity index (χ4n) is 2.26. The van der Waals surface area contributed by atoms with Crippen LogP contribution in [-0.2, 0) is 14.3 Å². The van der Waals surface area contributed by atoms with Gasteiger partial charge in [-0.05, 0) is 31.3 Å². The summed E-state index contributed by atoms with van der Waals surface area (Å²) in [4.78, 5) is 11.9. The van der Waals surface area contributed by atoms with Crippen LogP contribution in [0.25, 0.3) is 0 Å². The van der Waals surface area contributed by atoms with E-state index in [1.807, 2.05) is 0 Å². The highest BCUT2D eigenvalue weighted by molar-refractivity contribution is 5.85. The monoisotopic (exact) mass is 278 g/mol. The molecule has 106 valence electrons. The van der Waals surface area contributed by atoms with Gasteiger partial charge in [0.1, 0.15) is 0 Å². The van der Waals surface area contributed by atoms with Crippen LogP contribution in [0.3, 0.4) is 0 Å². The molecule has 6 heteroatoms. The third kappa shape index (κ3) is 4.39. The molecule has 2 N–H and O–H groups in total.